The first-order valence-corrected chi connectivity index (χ1v) is 5.76. The van der Waals surface area contributed by atoms with Crippen LogP contribution in [0.1, 0.15) is 25.8 Å². The van der Waals surface area contributed by atoms with Crippen molar-refractivity contribution >= 4 is 5.97 Å². The summed E-state index contributed by atoms with van der Waals surface area (Å²) in [4.78, 5) is 10.4. The molecular weight excluding hydrogens is 214 g/mol. The Balaban J connectivity index is 0.000000302. The number of ether oxygens (including phenoxy) is 1. The van der Waals surface area contributed by atoms with E-state index in [1.807, 2.05) is 13.0 Å². The highest BCUT2D eigenvalue weighted by Crippen LogP contribution is 1.96. The topological polar surface area (TPSA) is 52.3 Å². The third-order valence-electron chi connectivity index (χ3n) is 2.09. The lowest BCUT2D eigenvalue weighted by molar-refractivity contribution is -0.142. The fraction of sp³-hybridized carbons (Fsp3) is 0.357. The number of carbonyl (C=O) groups is 1. The maximum Gasteiger partial charge on any atom is 0.331 e. The monoisotopic (exact) mass is 235 g/mol. The molecule has 0 aliphatic rings. The van der Waals surface area contributed by atoms with E-state index in [0.717, 1.165) is 12.5 Å². The fourth-order valence-electron chi connectivity index (χ4n) is 0.994. The van der Waals surface area contributed by atoms with Gasteiger partial charge in [0.15, 0.2) is 6.23 Å². The first-order valence-electron chi connectivity index (χ1n) is 5.76. The van der Waals surface area contributed by atoms with Gasteiger partial charge in [-0.3, -0.25) is 5.73 Å². The number of hydrogen-bond acceptors (Lipinski definition) is 3. The van der Waals surface area contributed by atoms with Gasteiger partial charge in [0.25, 0.3) is 0 Å². The van der Waals surface area contributed by atoms with Crippen molar-refractivity contribution in [3.05, 3.63) is 48.6 Å². The van der Waals surface area contributed by atoms with Gasteiger partial charge in [-0.1, -0.05) is 50.8 Å². The first-order chi connectivity index (χ1) is 8.13. The van der Waals surface area contributed by atoms with Gasteiger partial charge in [-0.05, 0) is 18.4 Å². The molecule has 0 aromatic heterocycles. The van der Waals surface area contributed by atoms with Crippen LogP contribution in [0.3, 0.4) is 0 Å². The Labute approximate surface area is 103 Å². The van der Waals surface area contributed by atoms with Crippen molar-refractivity contribution < 1.29 is 9.53 Å². The predicted molar refractivity (Wildman–Crippen MR) is 70.4 cm³/mol. The summed E-state index contributed by atoms with van der Waals surface area (Å²) in [5.41, 5.74) is 6.67. The van der Waals surface area contributed by atoms with Crippen LogP contribution in [0, 0.1) is 0 Å². The molecule has 0 radical (unpaired) electrons. The maximum atomic E-state index is 10.4. The molecule has 3 heteroatoms. The minimum absolute atomic E-state index is 0.468. The third kappa shape index (κ3) is 8.22. The number of hydrogen-bond donors (Lipinski definition) is 1. The molecule has 0 aliphatic heterocycles. The zero-order chi connectivity index (χ0) is 13.1. The van der Waals surface area contributed by atoms with E-state index in [1.54, 1.807) is 0 Å². The molecule has 0 bridgehead atoms. The predicted octanol–water partition coefficient (Wildman–Crippen LogP) is 2.66. The highest BCUT2D eigenvalue weighted by Gasteiger charge is 2.01. The second-order valence-electron chi connectivity index (χ2n) is 3.43. The molecule has 94 valence electrons. The summed E-state index contributed by atoms with van der Waals surface area (Å²) in [7, 11) is 0. The van der Waals surface area contributed by atoms with Crippen LogP contribution in [-0.4, -0.2) is 12.2 Å². The molecule has 3 nitrogen and oxygen atoms in total. The average molecular weight is 235 g/mol. The van der Waals surface area contributed by atoms with Crippen LogP contribution in [-0.2, 0) is 16.0 Å². The normalized spacial score (nSPS) is 10.8. The number of nitrogens with two attached hydrogens (primary N) is 1. The lowest BCUT2D eigenvalue weighted by Crippen LogP contribution is -2.24. The molecule has 0 saturated carbocycles. The molecule has 0 fully saturated rings. The van der Waals surface area contributed by atoms with Crippen molar-refractivity contribution in [3.8, 4) is 0 Å². The van der Waals surface area contributed by atoms with E-state index in [0.29, 0.717) is 6.42 Å². The van der Waals surface area contributed by atoms with Crippen LogP contribution in [0.25, 0.3) is 0 Å². The first kappa shape index (κ1) is 15.4. The molecule has 1 aromatic carbocycles. The number of rotatable bonds is 4. The second-order valence-corrected chi connectivity index (χ2v) is 3.43. The Kier molecular flexibility index (Phi) is 8.69. The smallest absolute Gasteiger partial charge is 0.331 e. The van der Waals surface area contributed by atoms with Gasteiger partial charge in [0.2, 0.25) is 0 Å². The van der Waals surface area contributed by atoms with Crippen molar-refractivity contribution in [2.75, 3.05) is 0 Å². The summed E-state index contributed by atoms with van der Waals surface area (Å²) in [6.07, 6.45) is 2.37. The maximum absolute atomic E-state index is 10.4. The molecule has 0 saturated heterocycles. The molecule has 1 aromatic rings. The quantitative estimate of drug-likeness (QED) is 0.496. The van der Waals surface area contributed by atoms with Gasteiger partial charge < -0.3 is 4.74 Å². The van der Waals surface area contributed by atoms with E-state index in [1.165, 1.54) is 5.56 Å². The molecule has 1 unspecified atom stereocenters. The average Bonchev–Trinajstić information content (AvgIpc) is 2.40. The van der Waals surface area contributed by atoms with Gasteiger partial charge in [-0.25, -0.2) is 4.79 Å². The van der Waals surface area contributed by atoms with Crippen LogP contribution in [0.4, 0.5) is 0 Å². The molecule has 0 heterocycles. The van der Waals surface area contributed by atoms with E-state index in [4.69, 9.17) is 5.73 Å². The van der Waals surface area contributed by atoms with Crippen LogP contribution >= 0.6 is 0 Å². The Hall–Kier alpha value is -1.61. The standard InChI is InChI=1S/C8H10.C6H11NO2/c1-2-8-6-4-3-5-7-8;1-3-5(7)9-6(8)4-2/h3-7H,2H2,1H3;4-5H,2-3,7H2,1H3. The lowest BCUT2D eigenvalue weighted by atomic mass is 10.2. The fourth-order valence-corrected chi connectivity index (χ4v) is 0.994. The van der Waals surface area contributed by atoms with Crippen LogP contribution in [0.15, 0.2) is 43.0 Å². The second kappa shape index (κ2) is 9.60. The van der Waals surface area contributed by atoms with E-state index < -0.39 is 12.2 Å². The van der Waals surface area contributed by atoms with Gasteiger partial charge in [0.1, 0.15) is 0 Å². The number of aryl methyl sites for hydroxylation is 1. The third-order valence-corrected chi connectivity index (χ3v) is 2.09. The SMILES string of the molecule is C=CC(=O)OC(N)CC.CCc1ccccc1. The zero-order valence-corrected chi connectivity index (χ0v) is 10.6. The van der Waals surface area contributed by atoms with Crippen LogP contribution in [0.2, 0.25) is 0 Å². The zero-order valence-electron chi connectivity index (χ0n) is 10.6. The van der Waals surface area contributed by atoms with Crippen molar-refractivity contribution in [2.45, 2.75) is 32.9 Å². The van der Waals surface area contributed by atoms with Crippen molar-refractivity contribution in [3.63, 3.8) is 0 Å². The highest BCUT2D eigenvalue weighted by atomic mass is 16.6. The minimum atomic E-state index is -0.490. The molecular formula is C14H21NO2. The van der Waals surface area contributed by atoms with Gasteiger partial charge >= 0.3 is 5.97 Å². The molecule has 1 rings (SSSR count). The summed E-state index contributed by atoms with van der Waals surface area (Å²) in [6, 6.07) is 10.5. The van der Waals surface area contributed by atoms with Gasteiger partial charge in [-0.2, -0.15) is 0 Å². The van der Waals surface area contributed by atoms with E-state index >= 15 is 0 Å². The van der Waals surface area contributed by atoms with Crippen molar-refractivity contribution in [2.24, 2.45) is 5.73 Å². The van der Waals surface area contributed by atoms with Crippen LogP contribution in [0.5, 0.6) is 0 Å². The van der Waals surface area contributed by atoms with Gasteiger partial charge in [-0.15, -0.1) is 0 Å². The number of carbonyl (C=O) groups excluding carboxylic acids is 1. The summed E-state index contributed by atoms with van der Waals surface area (Å²) < 4.78 is 4.57. The molecule has 2 N–H and O–H groups in total. The number of benzene rings is 1. The highest BCUT2D eigenvalue weighted by molar-refractivity contribution is 5.81. The van der Waals surface area contributed by atoms with E-state index in [-0.39, 0.29) is 0 Å². The number of esters is 1. The van der Waals surface area contributed by atoms with Crippen molar-refractivity contribution in [1.82, 2.24) is 0 Å². The Morgan fingerprint density at radius 3 is 2.35 bits per heavy atom. The lowest BCUT2D eigenvalue weighted by Gasteiger charge is -2.07. The molecule has 0 amide bonds. The summed E-state index contributed by atoms with van der Waals surface area (Å²) >= 11 is 0. The van der Waals surface area contributed by atoms with E-state index in [2.05, 4.69) is 42.5 Å². The van der Waals surface area contributed by atoms with Gasteiger partial charge in [0, 0.05) is 6.08 Å². The summed E-state index contributed by atoms with van der Waals surface area (Å²) in [6.45, 7) is 7.21. The largest absolute Gasteiger partial charge is 0.444 e. The van der Waals surface area contributed by atoms with Crippen molar-refractivity contribution in [1.29, 1.82) is 0 Å². The Morgan fingerprint density at radius 1 is 1.41 bits per heavy atom. The van der Waals surface area contributed by atoms with Gasteiger partial charge in [0.05, 0.1) is 0 Å². The molecule has 17 heavy (non-hydrogen) atoms. The summed E-state index contributed by atoms with van der Waals surface area (Å²) in [5, 5.41) is 0. The Morgan fingerprint density at radius 2 is 2.00 bits per heavy atom. The van der Waals surface area contributed by atoms with E-state index in [9.17, 15) is 4.79 Å². The molecule has 0 aliphatic carbocycles. The molecule has 1 atom stereocenters. The summed E-state index contributed by atoms with van der Waals surface area (Å²) in [5.74, 6) is -0.468. The Bertz CT molecular complexity index is 322. The molecule has 0 spiro atoms. The minimum Gasteiger partial charge on any atom is -0.444 e. The van der Waals surface area contributed by atoms with Crippen LogP contribution < -0.4 is 5.73 Å².